The maximum absolute atomic E-state index is 13.4. The maximum Gasteiger partial charge on any atom is 0.272 e. The number of halogens is 1. The minimum absolute atomic E-state index is 0.0110. The molecule has 2 aromatic heterocycles. The van der Waals surface area contributed by atoms with Gasteiger partial charge in [-0.2, -0.15) is 0 Å². The van der Waals surface area contributed by atoms with Crippen LogP contribution in [0.15, 0.2) is 41.2 Å². The number of fused-ring (bicyclic) bond motifs is 1. The largest absolute Gasteiger partial charge is 0.368 e. The first kappa shape index (κ1) is 20.7. The molecule has 3 heterocycles. The van der Waals surface area contributed by atoms with E-state index in [0.717, 1.165) is 36.2 Å². The van der Waals surface area contributed by atoms with Gasteiger partial charge in [0.2, 0.25) is 5.95 Å². The smallest absolute Gasteiger partial charge is 0.272 e. The number of hydrogen-bond acceptors (Lipinski definition) is 5. The summed E-state index contributed by atoms with van der Waals surface area (Å²) in [5.74, 6) is 0.461. The lowest BCUT2D eigenvalue weighted by Gasteiger charge is -2.31. The third kappa shape index (κ3) is 4.00. The van der Waals surface area contributed by atoms with Gasteiger partial charge in [-0.05, 0) is 61.1 Å². The van der Waals surface area contributed by atoms with E-state index in [1.54, 1.807) is 24.0 Å². The molecule has 1 aromatic carbocycles. The summed E-state index contributed by atoms with van der Waals surface area (Å²) in [4.78, 5) is 36.5. The number of anilines is 1. The second-order valence-electron chi connectivity index (χ2n) is 8.63. The lowest BCUT2D eigenvalue weighted by Crippen LogP contribution is -2.40. The maximum atomic E-state index is 13.4. The van der Waals surface area contributed by atoms with Crippen molar-refractivity contribution < 1.29 is 4.79 Å². The molecule has 1 amide bonds. The first-order valence-corrected chi connectivity index (χ1v) is 11.2. The van der Waals surface area contributed by atoms with Crippen LogP contribution in [-0.4, -0.2) is 31.9 Å². The third-order valence-corrected chi connectivity index (χ3v) is 6.36. The van der Waals surface area contributed by atoms with E-state index in [1.807, 2.05) is 28.8 Å². The van der Waals surface area contributed by atoms with E-state index < -0.39 is 0 Å². The molecule has 2 N–H and O–H groups in total. The summed E-state index contributed by atoms with van der Waals surface area (Å²) >= 11 is 6.20. The Kier molecular flexibility index (Phi) is 5.21. The number of hydrogen-bond donors (Lipinski definition) is 1. The molecule has 2 aliphatic rings. The number of pyridine rings is 1. The van der Waals surface area contributed by atoms with Gasteiger partial charge in [-0.25, -0.2) is 9.97 Å². The fraction of sp³-hybridized carbons (Fsp3) is 0.333. The monoisotopic (exact) mass is 449 g/mol. The molecule has 1 fully saturated rings. The molecule has 0 spiro atoms. The van der Waals surface area contributed by atoms with Crippen molar-refractivity contribution >= 4 is 23.5 Å². The van der Waals surface area contributed by atoms with Crippen LogP contribution in [0.5, 0.6) is 0 Å². The number of aryl methyl sites for hydroxylation is 1. The minimum Gasteiger partial charge on any atom is -0.368 e. The Morgan fingerprint density at radius 2 is 2.03 bits per heavy atom. The van der Waals surface area contributed by atoms with Crippen LogP contribution in [-0.2, 0) is 19.5 Å². The van der Waals surface area contributed by atoms with E-state index in [4.69, 9.17) is 17.3 Å². The fourth-order valence-corrected chi connectivity index (χ4v) is 4.56. The molecule has 164 valence electrons. The summed E-state index contributed by atoms with van der Waals surface area (Å²) in [6.45, 7) is 3.45. The number of aromatic nitrogens is 3. The molecule has 0 atom stereocenters. The van der Waals surface area contributed by atoms with Crippen molar-refractivity contribution in [2.75, 3.05) is 12.3 Å². The number of rotatable bonds is 4. The van der Waals surface area contributed by atoms with Crippen molar-refractivity contribution in [1.82, 2.24) is 19.4 Å². The Bertz CT molecular complexity index is 1260. The number of carbonyl (C=O) groups excluding carboxylic acids is 1. The van der Waals surface area contributed by atoms with Gasteiger partial charge in [-0.3, -0.25) is 9.59 Å². The van der Waals surface area contributed by atoms with Gasteiger partial charge in [0.05, 0.1) is 0 Å². The van der Waals surface area contributed by atoms with Gasteiger partial charge in [0.15, 0.2) is 0 Å². The predicted octanol–water partition coefficient (Wildman–Crippen LogP) is 3.46. The van der Waals surface area contributed by atoms with Crippen molar-refractivity contribution in [2.24, 2.45) is 5.92 Å². The van der Waals surface area contributed by atoms with Gasteiger partial charge < -0.3 is 15.2 Å². The molecule has 8 heteroatoms. The molecule has 1 aliphatic heterocycles. The van der Waals surface area contributed by atoms with Crippen LogP contribution in [0.3, 0.4) is 0 Å². The summed E-state index contributed by atoms with van der Waals surface area (Å²) in [6, 6.07) is 10.9. The van der Waals surface area contributed by atoms with E-state index >= 15 is 0 Å². The number of nitrogen functional groups attached to an aromatic ring is 1. The lowest BCUT2D eigenvalue weighted by molar-refractivity contribution is 0.0725. The molecule has 32 heavy (non-hydrogen) atoms. The van der Waals surface area contributed by atoms with Gasteiger partial charge in [0.1, 0.15) is 5.69 Å². The summed E-state index contributed by atoms with van der Waals surface area (Å²) in [6.07, 6.45) is 2.93. The predicted molar refractivity (Wildman–Crippen MR) is 123 cm³/mol. The number of benzene rings is 1. The van der Waals surface area contributed by atoms with Crippen LogP contribution in [0, 0.1) is 12.8 Å². The highest BCUT2D eigenvalue weighted by atomic mass is 35.5. The van der Waals surface area contributed by atoms with Crippen molar-refractivity contribution in [3.8, 4) is 11.1 Å². The summed E-state index contributed by atoms with van der Waals surface area (Å²) in [5.41, 5.74) is 10.1. The van der Waals surface area contributed by atoms with Crippen LogP contribution in [0.1, 0.15) is 40.3 Å². The van der Waals surface area contributed by atoms with Gasteiger partial charge in [-0.1, -0.05) is 23.7 Å². The van der Waals surface area contributed by atoms with Crippen LogP contribution in [0.25, 0.3) is 11.1 Å². The Morgan fingerprint density at radius 1 is 1.22 bits per heavy atom. The molecule has 0 radical (unpaired) electrons. The van der Waals surface area contributed by atoms with Crippen LogP contribution in [0.4, 0.5) is 5.95 Å². The van der Waals surface area contributed by atoms with E-state index in [2.05, 4.69) is 9.97 Å². The highest BCUT2D eigenvalue weighted by molar-refractivity contribution is 6.30. The van der Waals surface area contributed by atoms with Crippen LogP contribution < -0.4 is 11.3 Å². The number of nitrogens with two attached hydrogens (primary N) is 1. The Morgan fingerprint density at radius 3 is 2.75 bits per heavy atom. The van der Waals surface area contributed by atoms with Crippen molar-refractivity contribution in [3.05, 3.63) is 74.4 Å². The van der Waals surface area contributed by atoms with E-state index in [1.165, 1.54) is 0 Å². The SMILES string of the molecule is Cc1cc(C(=O)N2CCc3c(cc(-c4cccc(Cl)c4)c(=O)n3CC3CC3)C2)nc(N)n1. The Hall–Kier alpha value is -3.19. The molecule has 0 bridgehead atoms. The molecule has 0 unspecified atom stereocenters. The van der Waals surface area contributed by atoms with Gasteiger partial charge in [-0.15, -0.1) is 0 Å². The van der Waals surface area contributed by atoms with Crippen molar-refractivity contribution in [2.45, 2.75) is 39.3 Å². The highest BCUT2D eigenvalue weighted by Crippen LogP contribution is 2.32. The first-order chi connectivity index (χ1) is 15.4. The van der Waals surface area contributed by atoms with Crippen LogP contribution >= 0.6 is 11.6 Å². The van der Waals surface area contributed by atoms with Crippen molar-refractivity contribution in [3.63, 3.8) is 0 Å². The average Bonchev–Trinajstić information content (AvgIpc) is 3.58. The Labute approximate surface area is 190 Å². The van der Waals surface area contributed by atoms with Gasteiger partial charge >= 0.3 is 0 Å². The fourth-order valence-electron chi connectivity index (χ4n) is 4.37. The molecule has 5 rings (SSSR count). The normalized spacial score (nSPS) is 15.5. The van der Waals surface area contributed by atoms with Gasteiger partial charge in [0.25, 0.3) is 11.5 Å². The second-order valence-corrected chi connectivity index (χ2v) is 9.07. The van der Waals surface area contributed by atoms with Gasteiger partial charge in [0, 0.05) is 48.0 Å². The first-order valence-electron chi connectivity index (χ1n) is 10.8. The number of amides is 1. The molecular formula is C24H24ClN5O2. The summed E-state index contributed by atoms with van der Waals surface area (Å²) in [7, 11) is 0. The summed E-state index contributed by atoms with van der Waals surface area (Å²) in [5, 5.41) is 0.585. The Balaban J connectivity index is 1.55. The zero-order valence-electron chi connectivity index (χ0n) is 17.8. The topological polar surface area (TPSA) is 94.1 Å². The zero-order chi connectivity index (χ0) is 22.4. The molecular weight excluding hydrogens is 426 g/mol. The quantitative estimate of drug-likeness (QED) is 0.658. The summed E-state index contributed by atoms with van der Waals surface area (Å²) < 4.78 is 1.93. The van der Waals surface area contributed by atoms with E-state index in [0.29, 0.717) is 47.4 Å². The third-order valence-electron chi connectivity index (χ3n) is 6.12. The number of carbonyl (C=O) groups is 1. The standard InChI is InChI=1S/C24H24ClN5O2/c1-14-9-20(28-24(26)27-14)23(32)29-8-7-21-17(13-29)11-19(16-3-2-4-18(25)10-16)22(31)30(21)12-15-5-6-15/h2-4,9-11,15H,5-8,12-13H2,1H3,(H2,26,27,28). The minimum atomic E-state index is -0.183. The van der Waals surface area contributed by atoms with Crippen LogP contribution in [0.2, 0.25) is 5.02 Å². The average molecular weight is 450 g/mol. The zero-order valence-corrected chi connectivity index (χ0v) is 18.6. The van der Waals surface area contributed by atoms with E-state index in [9.17, 15) is 9.59 Å². The van der Waals surface area contributed by atoms with Crippen molar-refractivity contribution in [1.29, 1.82) is 0 Å². The second kappa shape index (κ2) is 8.06. The van der Waals surface area contributed by atoms with E-state index in [-0.39, 0.29) is 17.4 Å². The molecule has 1 saturated carbocycles. The number of nitrogens with zero attached hydrogens (tertiary/aromatic N) is 4. The molecule has 3 aromatic rings. The molecule has 1 aliphatic carbocycles. The molecule has 0 saturated heterocycles. The lowest BCUT2D eigenvalue weighted by atomic mass is 9.98. The highest BCUT2D eigenvalue weighted by Gasteiger charge is 2.29. The molecule has 7 nitrogen and oxygen atoms in total.